The molecule has 0 aromatic carbocycles. The molecule has 0 spiro atoms. The van der Waals surface area contributed by atoms with Gasteiger partial charge in [-0.2, -0.15) is 0 Å². The molecule has 0 fully saturated rings. The maximum absolute atomic E-state index is 11.0. The molecule has 0 radical (unpaired) electrons. The van der Waals surface area contributed by atoms with Crippen LogP contribution in [0.25, 0.3) is 0 Å². The molecule has 0 saturated heterocycles. The van der Waals surface area contributed by atoms with Crippen LogP contribution in [-0.2, 0) is 0 Å². The van der Waals surface area contributed by atoms with Crippen LogP contribution in [0.15, 0.2) is 6.20 Å². The predicted octanol–water partition coefficient (Wildman–Crippen LogP) is 2.29. The number of unbranched alkanes of at least 4 members (excludes halogenated alkanes) is 4. The van der Waals surface area contributed by atoms with Gasteiger partial charge in [-0.25, -0.2) is 9.55 Å². The minimum atomic E-state index is -0.407. The smallest absolute Gasteiger partial charge is 0.343 e. The van der Waals surface area contributed by atoms with E-state index in [0.717, 1.165) is 38.6 Å². The summed E-state index contributed by atoms with van der Waals surface area (Å²) in [6, 6.07) is -0.233. The van der Waals surface area contributed by atoms with Crippen molar-refractivity contribution >= 4 is 5.82 Å². The van der Waals surface area contributed by atoms with Gasteiger partial charge in [-0.3, -0.25) is 0 Å². The van der Waals surface area contributed by atoms with E-state index in [9.17, 15) is 10.1 Å². The molecule has 120 valence electrons. The lowest BCUT2D eigenvalue weighted by Gasteiger charge is -2.19. The van der Waals surface area contributed by atoms with Crippen LogP contribution in [0.1, 0.15) is 57.3 Å². The lowest BCUT2D eigenvalue weighted by Crippen LogP contribution is -2.31. The van der Waals surface area contributed by atoms with Gasteiger partial charge < -0.3 is 21.6 Å². The monoisotopic (exact) mass is 297 g/mol. The number of aryl methyl sites for hydroxylation is 1. The maximum Gasteiger partial charge on any atom is 0.343 e. The van der Waals surface area contributed by atoms with E-state index in [0.29, 0.717) is 5.82 Å². The Bertz CT molecular complexity index is 447. The van der Waals surface area contributed by atoms with Crippen LogP contribution in [0, 0.1) is 17.0 Å². The number of rotatable bonds is 10. The third kappa shape index (κ3) is 5.09. The van der Waals surface area contributed by atoms with Crippen LogP contribution in [0.3, 0.4) is 0 Å². The average Bonchev–Trinajstić information content (AvgIpc) is 2.83. The van der Waals surface area contributed by atoms with Gasteiger partial charge in [-0.05, 0) is 31.2 Å². The van der Waals surface area contributed by atoms with Crippen LogP contribution in [0.2, 0.25) is 0 Å². The van der Waals surface area contributed by atoms with E-state index in [2.05, 4.69) is 4.98 Å². The van der Waals surface area contributed by atoms with Crippen LogP contribution in [0.4, 0.5) is 5.82 Å². The van der Waals surface area contributed by atoms with Crippen molar-refractivity contribution in [3.63, 3.8) is 0 Å². The lowest BCUT2D eigenvalue weighted by molar-refractivity contribution is -0.392. The molecule has 0 saturated carbocycles. The van der Waals surface area contributed by atoms with Gasteiger partial charge in [-0.1, -0.05) is 25.7 Å². The summed E-state index contributed by atoms with van der Waals surface area (Å²) in [5.41, 5.74) is 11.7. The van der Waals surface area contributed by atoms with E-state index >= 15 is 0 Å². The maximum atomic E-state index is 11.0. The average molecular weight is 297 g/mol. The summed E-state index contributed by atoms with van der Waals surface area (Å²) in [5.74, 6) is 0.644. The number of nitrogens with two attached hydrogens (primary N) is 2. The molecule has 2 unspecified atom stereocenters. The largest absolute Gasteiger partial charge is 0.358 e. The molecule has 7 heteroatoms. The second kappa shape index (κ2) is 8.74. The first-order chi connectivity index (χ1) is 9.99. The Morgan fingerprint density at radius 2 is 1.95 bits per heavy atom. The molecule has 1 heterocycles. The van der Waals surface area contributed by atoms with Gasteiger partial charge in [0.25, 0.3) is 0 Å². The van der Waals surface area contributed by atoms with Gasteiger partial charge in [0.2, 0.25) is 0 Å². The fourth-order valence-corrected chi connectivity index (χ4v) is 2.57. The van der Waals surface area contributed by atoms with E-state index < -0.39 is 4.92 Å². The second-order valence-corrected chi connectivity index (χ2v) is 5.54. The second-order valence-electron chi connectivity index (χ2n) is 5.54. The van der Waals surface area contributed by atoms with Crippen molar-refractivity contribution in [1.29, 1.82) is 0 Å². The number of hydrogen-bond donors (Lipinski definition) is 2. The van der Waals surface area contributed by atoms with Crippen molar-refractivity contribution in [2.24, 2.45) is 11.5 Å². The van der Waals surface area contributed by atoms with Crippen molar-refractivity contribution in [3.8, 4) is 0 Å². The van der Waals surface area contributed by atoms with Gasteiger partial charge in [0.1, 0.15) is 12.2 Å². The van der Waals surface area contributed by atoms with Gasteiger partial charge in [-0.15, -0.1) is 0 Å². The molecule has 4 N–H and O–H groups in total. The highest BCUT2D eigenvalue weighted by Crippen LogP contribution is 2.24. The Hall–Kier alpha value is -1.47. The molecule has 0 aliphatic heterocycles. The fraction of sp³-hybridized carbons (Fsp3) is 0.786. The van der Waals surface area contributed by atoms with Crippen molar-refractivity contribution < 1.29 is 4.92 Å². The predicted molar refractivity (Wildman–Crippen MR) is 83.1 cm³/mol. The highest BCUT2D eigenvalue weighted by Gasteiger charge is 2.26. The highest BCUT2D eigenvalue weighted by molar-refractivity contribution is 5.20. The Labute approximate surface area is 125 Å². The molecule has 0 aliphatic rings. The summed E-state index contributed by atoms with van der Waals surface area (Å²) in [6.45, 7) is 4.43. The highest BCUT2D eigenvalue weighted by atomic mass is 16.6. The topological polar surface area (TPSA) is 113 Å². The van der Waals surface area contributed by atoms with Crippen LogP contribution in [-0.4, -0.2) is 27.1 Å². The summed E-state index contributed by atoms with van der Waals surface area (Å²) in [5, 5.41) is 11.0. The number of imidazole rings is 1. The van der Waals surface area contributed by atoms with Crippen molar-refractivity contribution in [2.75, 3.05) is 6.54 Å². The normalized spacial score (nSPS) is 14.1. The third-order valence-corrected chi connectivity index (χ3v) is 3.92. The fourth-order valence-electron chi connectivity index (χ4n) is 2.57. The third-order valence-electron chi connectivity index (χ3n) is 3.92. The Morgan fingerprint density at radius 1 is 1.33 bits per heavy atom. The molecule has 1 aromatic heterocycles. The molecule has 1 rings (SSSR count). The van der Waals surface area contributed by atoms with Gasteiger partial charge in [0.15, 0.2) is 5.82 Å². The van der Waals surface area contributed by atoms with Crippen molar-refractivity contribution in [2.45, 2.75) is 64.5 Å². The quantitative estimate of drug-likeness (QED) is 0.391. The minimum absolute atomic E-state index is 0.0124. The number of nitro groups is 1. The minimum Gasteiger partial charge on any atom is -0.358 e. The molecule has 0 amide bonds. The molecule has 0 bridgehead atoms. The number of hydrogen-bond acceptors (Lipinski definition) is 5. The molecule has 2 atom stereocenters. The Morgan fingerprint density at radius 3 is 2.57 bits per heavy atom. The summed E-state index contributed by atoms with van der Waals surface area (Å²) >= 11 is 0. The van der Waals surface area contributed by atoms with Gasteiger partial charge in [0.05, 0.1) is 0 Å². The van der Waals surface area contributed by atoms with E-state index in [-0.39, 0.29) is 17.9 Å². The standard InChI is InChI=1S/C14H27N5O2/c1-11(13(16)8-6-4-3-5-7-9-15)18-12(2)17-10-14(18)19(20)21/h10-11,13H,3-9,15-16H2,1-2H3. The summed E-state index contributed by atoms with van der Waals surface area (Å²) in [4.78, 5) is 14.6. The van der Waals surface area contributed by atoms with E-state index in [1.54, 1.807) is 11.5 Å². The van der Waals surface area contributed by atoms with Crippen molar-refractivity contribution in [1.82, 2.24) is 9.55 Å². The van der Waals surface area contributed by atoms with Gasteiger partial charge >= 0.3 is 5.82 Å². The number of aromatic nitrogens is 2. The summed E-state index contributed by atoms with van der Waals surface area (Å²) in [6.07, 6.45) is 7.73. The molecule has 21 heavy (non-hydrogen) atoms. The molecule has 0 aliphatic carbocycles. The SMILES string of the molecule is Cc1ncc([N+](=O)[O-])n1C(C)C(N)CCCCCCCN. The molecule has 7 nitrogen and oxygen atoms in total. The first kappa shape index (κ1) is 17.6. The van der Waals surface area contributed by atoms with Crippen LogP contribution < -0.4 is 11.5 Å². The summed E-state index contributed by atoms with van der Waals surface area (Å²) in [7, 11) is 0. The van der Waals surface area contributed by atoms with E-state index in [1.807, 2.05) is 6.92 Å². The molecule has 1 aromatic rings. The summed E-state index contributed by atoms with van der Waals surface area (Å²) < 4.78 is 1.62. The van der Waals surface area contributed by atoms with Crippen LogP contribution in [0.5, 0.6) is 0 Å². The zero-order chi connectivity index (χ0) is 15.8. The van der Waals surface area contributed by atoms with Crippen molar-refractivity contribution in [3.05, 3.63) is 22.1 Å². The zero-order valence-electron chi connectivity index (χ0n) is 13.0. The van der Waals surface area contributed by atoms with Crippen LogP contribution >= 0.6 is 0 Å². The molecular weight excluding hydrogens is 270 g/mol. The Balaban J connectivity index is 2.49. The first-order valence-electron chi connectivity index (χ1n) is 7.63. The zero-order valence-corrected chi connectivity index (χ0v) is 13.0. The van der Waals surface area contributed by atoms with Gasteiger partial charge in [0, 0.05) is 13.0 Å². The van der Waals surface area contributed by atoms with E-state index in [4.69, 9.17) is 11.5 Å². The lowest BCUT2D eigenvalue weighted by atomic mass is 10.0. The first-order valence-corrected chi connectivity index (χ1v) is 7.63. The number of nitrogens with zero attached hydrogens (tertiary/aromatic N) is 3. The Kier molecular flexibility index (Phi) is 7.31. The molecular formula is C14H27N5O2. The van der Waals surface area contributed by atoms with E-state index in [1.165, 1.54) is 12.6 Å².